The summed E-state index contributed by atoms with van der Waals surface area (Å²) in [5.41, 5.74) is -0.390. The quantitative estimate of drug-likeness (QED) is 0.490. The van der Waals surface area contributed by atoms with Crippen molar-refractivity contribution in [1.29, 1.82) is 0 Å². The summed E-state index contributed by atoms with van der Waals surface area (Å²) in [5.74, 6) is -0.407. The van der Waals surface area contributed by atoms with Gasteiger partial charge in [-0.05, 0) is 11.5 Å². The number of aromatic hydroxyl groups is 1. The fourth-order valence-electron chi connectivity index (χ4n) is 1.64. The van der Waals surface area contributed by atoms with Crippen molar-refractivity contribution in [3.63, 3.8) is 0 Å². The molecule has 2 rings (SSSR count). The lowest BCUT2D eigenvalue weighted by Gasteiger charge is -2.08. The van der Waals surface area contributed by atoms with Gasteiger partial charge in [-0.2, -0.15) is 13.5 Å². The first kappa shape index (κ1) is 12.5. The van der Waals surface area contributed by atoms with Crippen LogP contribution in [0.1, 0.15) is 0 Å². The normalized spacial score (nSPS) is 12.3. The lowest BCUT2D eigenvalue weighted by Crippen LogP contribution is -1.99. The van der Waals surface area contributed by atoms with Crippen LogP contribution in [0.15, 0.2) is 45.4 Å². The largest absolute Gasteiger partial charge is 0.505 e. The minimum Gasteiger partial charge on any atom is -0.505 e. The first-order valence-corrected chi connectivity index (χ1v) is 6.22. The second-order valence-electron chi connectivity index (χ2n) is 3.48. The van der Waals surface area contributed by atoms with Crippen molar-refractivity contribution in [3.05, 3.63) is 30.3 Å². The average Bonchev–Trinajstić information content (AvgIpc) is 2.31. The highest BCUT2D eigenvalue weighted by atomic mass is 32.2. The van der Waals surface area contributed by atoms with Crippen molar-refractivity contribution in [2.45, 2.75) is 4.90 Å². The average molecular weight is 262 g/mol. The molecule has 0 aliphatic heterocycles. The standard InChI is InChI=1S/C10H7BN2O4S/c11-13-12-9-8(18(15,16)17)5-6-3-1-2-4-7(6)10(9)14/h1-5,14H,(H,15,16,17). The summed E-state index contributed by atoms with van der Waals surface area (Å²) >= 11 is 0. The number of rotatable bonds is 2. The van der Waals surface area contributed by atoms with E-state index in [0.717, 1.165) is 0 Å². The SMILES string of the molecule is [B]N=Nc1c(S(=O)(=O)O)cc2ccccc2c1O. The molecule has 18 heavy (non-hydrogen) atoms. The third-order valence-electron chi connectivity index (χ3n) is 2.40. The van der Waals surface area contributed by atoms with Crippen LogP contribution in [0.2, 0.25) is 0 Å². The van der Waals surface area contributed by atoms with E-state index in [1.54, 1.807) is 24.3 Å². The lowest BCUT2D eigenvalue weighted by atomic mass is 10.1. The zero-order valence-corrected chi connectivity index (χ0v) is 9.79. The second kappa shape index (κ2) is 4.39. The Hall–Kier alpha value is -1.93. The molecule has 90 valence electrons. The van der Waals surface area contributed by atoms with E-state index in [0.29, 0.717) is 10.8 Å². The van der Waals surface area contributed by atoms with E-state index < -0.39 is 26.5 Å². The van der Waals surface area contributed by atoms with Gasteiger partial charge in [-0.25, -0.2) is 0 Å². The van der Waals surface area contributed by atoms with Gasteiger partial charge in [0.05, 0.1) is 0 Å². The molecule has 0 unspecified atom stereocenters. The van der Waals surface area contributed by atoms with Gasteiger partial charge in [0.15, 0.2) is 5.75 Å². The molecule has 0 spiro atoms. The topological polar surface area (TPSA) is 99.3 Å². The zero-order valence-electron chi connectivity index (χ0n) is 8.98. The zero-order chi connectivity index (χ0) is 13.3. The number of benzene rings is 2. The molecule has 0 aromatic heterocycles. The van der Waals surface area contributed by atoms with Gasteiger partial charge in [-0.3, -0.25) is 9.58 Å². The molecule has 0 amide bonds. The van der Waals surface area contributed by atoms with Crippen molar-refractivity contribution >= 4 is 34.6 Å². The number of nitrogens with zero attached hydrogens (tertiary/aromatic N) is 2. The first-order chi connectivity index (χ1) is 8.45. The van der Waals surface area contributed by atoms with Gasteiger partial charge in [0.1, 0.15) is 10.6 Å². The van der Waals surface area contributed by atoms with Gasteiger partial charge in [0, 0.05) is 5.39 Å². The third kappa shape index (κ3) is 2.07. The molecule has 0 atom stereocenters. The predicted molar refractivity (Wildman–Crippen MR) is 65.7 cm³/mol. The van der Waals surface area contributed by atoms with Crippen LogP contribution in [-0.4, -0.2) is 26.1 Å². The highest BCUT2D eigenvalue weighted by Gasteiger charge is 2.21. The fourth-order valence-corrected chi connectivity index (χ4v) is 2.30. The van der Waals surface area contributed by atoms with Crippen LogP contribution in [0.3, 0.4) is 0 Å². The van der Waals surface area contributed by atoms with E-state index in [-0.39, 0.29) is 0 Å². The molecule has 0 fully saturated rings. The summed E-state index contributed by atoms with van der Waals surface area (Å²) in [4.78, 5) is -0.548. The van der Waals surface area contributed by atoms with E-state index >= 15 is 0 Å². The maximum absolute atomic E-state index is 11.2. The minimum absolute atomic E-state index is 0.382. The summed E-state index contributed by atoms with van der Waals surface area (Å²) in [5, 5.41) is 17.0. The van der Waals surface area contributed by atoms with Crippen LogP contribution in [-0.2, 0) is 10.1 Å². The Balaban J connectivity index is 2.97. The van der Waals surface area contributed by atoms with Gasteiger partial charge in [0.2, 0.25) is 0 Å². The molecule has 8 heteroatoms. The van der Waals surface area contributed by atoms with Crippen LogP contribution < -0.4 is 0 Å². The molecule has 0 saturated heterocycles. The summed E-state index contributed by atoms with van der Waals surface area (Å²) in [6, 6.07) is 7.69. The lowest BCUT2D eigenvalue weighted by molar-refractivity contribution is 0.472. The fraction of sp³-hybridized carbons (Fsp3) is 0. The van der Waals surface area contributed by atoms with E-state index in [9.17, 15) is 13.5 Å². The van der Waals surface area contributed by atoms with Crippen LogP contribution in [0.25, 0.3) is 10.8 Å². The van der Waals surface area contributed by atoms with Gasteiger partial charge >= 0.3 is 0 Å². The Morgan fingerprint density at radius 3 is 2.50 bits per heavy atom. The molecular formula is C10H7BN2O4S. The number of hydrogen-bond donors (Lipinski definition) is 2. The molecule has 0 heterocycles. The Kier molecular flexibility index (Phi) is 3.06. The molecule has 0 saturated carbocycles. The molecule has 0 aliphatic carbocycles. The number of phenolic OH excluding ortho intramolecular Hbond substituents is 1. The van der Waals surface area contributed by atoms with E-state index in [1.165, 1.54) is 6.07 Å². The Bertz CT molecular complexity index is 743. The molecule has 0 aliphatic rings. The molecule has 2 aromatic carbocycles. The molecule has 6 nitrogen and oxygen atoms in total. The van der Waals surface area contributed by atoms with E-state index in [2.05, 4.69) is 10.1 Å². The molecule has 2 radical (unpaired) electrons. The van der Waals surface area contributed by atoms with Crippen molar-refractivity contribution < 1.29 is 18.1 Å². The first-order valence-electron chi connectivity index (χ1n) is 4.78. The number of fused-ring (bicyclic) bond motifs is 1. The van der Waals surface area contributed by atoms with Gasteiger partial charge < -0.3 is 5.11 Å². The molecular weight excluding hydrogens is 255 g/mol. The van der Waals surface area contributed by atoms with Crippen LogP contribution in [0.4, 0.5) is 5.69 Å². The van der Waals surface area contributed by atoms with Crippen LogP contribution >= 0.6 is 0 Å². The van der Waals surface area contributed by atoms with Crippen molar-refractivity contribution in [1.82, 2.24) is 0 Å². The summed E-state index contributed by atoms with van der Waals surface area (Å²) in [6.07, 6.45) is 0. The van der Waals surface area contributed by atoms with Crippen molar-refractivity contribution in [2.24, 2.45) is 10.1 Å². The smallest absolute Gasteiger partial charge is 0.296 e. The minimum atomic E-state index is -4.54. The van der Waals surface area contributed by atoms with Crippen molar-refractivity contribution in [2.75, 3.05) is 0 Å². The Labute approximate surface area is 104 Å². The van der Waals surface area contributed by atoms with E-state index in [1.807, 2.05) is 0 Å². The highest BCUT2D eigenvalue weighted by Crippen LogP contribution is 2.40. The molecule has 2 aromatic rings. The summed E-state index contributed by atoms with van der Waals surface area (Å²) in [7, 11) is 0.317. The van der Waals surface area contributed by atoms with E-state index in [4.69, 9.17) is 12.5 Å². The van der Waals surface area contributed by atoms with Crippen LogP contribution in [0.5, 0.6) is 5.75 Å². The Morgan fingerprint density at radius 1 is 1.22 bits per heavy atom. The monoisotopic (exact) mass is 262 g/mol. The third-order valence-corrected chi connectivity index (χ3v) is 3.26. The summed E-state index contributed by atoms with van der Waals surface area (Å²) in [6.45, 7) is 0. The van der Waals surface area contributed by atoms with Gasteiger partial charge in [0.25, 0.3) is 18.1 Å². The second-order valence-corrected chi connectivity index (χ2v) is 4.87. The van der Waals surface area contributed by atoms with Crippen LogP contribution in [0, 0.1) is 0 Å². The Morgan fingerprint density at radius 2 is 1.89 bits per heavy atom. The molecule has 2 N–H and O–H groups in total. The maximum atomic E-state index is 11.2. The van der Waals surface area contributed by atoms with Gasteiger partial charge in [-0.15, -0.1) is 0 Å². The maximum Gasteiger partial charge on any atom is 0.296 e. The van der Waals surface area contributed by atoms with Gasteiger partial charge in [-0.1, -0.05) is 24.3 Å². The predicted octanol–water partition coefficient (Wildman–Crippen LogP) is 1.96. The van der Waals surface area contributed by atoms with Crippen molar-refractivity contribution in [3.8, 4) is 5.75 Å². The summed E-state index contributed by atoms with van der Waals surface area (Å²) < 4.78 is 31.6. The number of phenols is 1. The molecule has 0 bridgehead atoms. The highest BCUT2D eigenvalue weighted by molar-refractivity contribution is 7.86. The number of hydrogen-bond acceptors (Lipinski definition) is 5.